The van der Waals surface area contributed by atoms with Gasteiger partial charge in [0, 0.05) is 13.1 Å². The standard InChI is InChI=1S/C11H20BrN3/c1-8(2)13-7-5-6-10-11(12)9(3)14-15(10)4/h8,13H,5-7H2,1-4H3. The van der Waals surface area contributed by atoms with Crippen molar-refractivity contribution in [3.8, 4) is 0 Å². The number of aryl methyl sites for hydroxylation is 2. The van der Waals surface area contributed by atoms with Crippen LogP contribution in [0.2, 0.25) is 0 Å². The maximum atomic E-state index is 4.37. The maximum absolute atomic E-state index is 4.37. The summed E-state index contributed by atoms with van der Waals surface area (Å²) in [5.41, 5.74) is 2.36. The zero-order valence-electron chi connectivity index (χ0n) is 9.97. The van der Waals surface area contributed by atoms with Crippen molar-refractivity contribution in [2.45, 2.75) is 39.7 Å². The monoisotopic (exact) mass is 273 g/mol. The molecule has 0 unspecified atom stereocenters. The van der Waals surface area contributed by atoms with Crippen molar-refractivity contribution in [3.05, 3.63) is 15.9 Å². The molecule has 86 valence electrons. The molecule has 15 heavy (non-hydrogen) atoms. The fourth-order valence-electron chi connectivity index (χ4n) is 1.60. The van der Waals surface area contributed by atoms with Crippen LogP contribution in [0.1, 0.15) is 31.7 Å². The zero-order valence-corrected chi connectivity index (χ0v) is 11.6. The normalized spacial score (nSPS) is 11.3. The van der Waals surface area contributed by atoms with E-state index in [9.17, 15) is 0 Å². The fraction of sp³-hybridized carbons (Fsp3) is 0.727. The van der Waals surface area contributed by atoms with Gasteiger partial charge in [-0.05, 0) is 42.2 Å². The molecule has 0 amide bonds. The van der Waals surface area contributed by atoms with Crippen LogP contribution in [0.15, 0.2) is 4.47 Å². The minimum atomic E-state index is 0.571. The van der Waals surface area contributed by atoms with Crippen LogP contribution in [-0.4, -0.2) is 22.4 Å². The highest BCUT2D eigenvalue weighted by Gasteiger charge is 2.09. The molecule has 0 spiro atoms. The van der Waals surface area contributed by atoms with Gasteiger partial charge in [-0.3, -0.25) is 4.68 Å². The first-order valence-electron chi connectivity index (χ1n) is 5.43. The second-order valence-electron chi connectivity index (χ2n) is 4.18. The smallest absolute Gasteiger partial charge is 0.0738 e. The van der Waals surface area contributed by atoms with Crippen LogP contribution < -0.4 is 5.32 Å². The molecule has 0 aromatic carbocycles. The van der Waals surface area contributed by atoms with Crippen LogP contribution in [0.25, 0.3) is 0 Å². The van der Waals surface area contributed by atoms with Gasteiger partial charge in [0.25, 0.3) is 0 Å². The summed E-state index contributed by atoms with van der Waals surface area (Å²) in [4.78, 5) is 0. The van der Waals surface area contributed by atoms with Crippen molar-refractivity contribution in [1.29, 1.82) is 0 Å². The summed E-state index contributed by atoms with van der Waals surface area (Å²) in [6.45, 7) is 7.43. The Morgan fingerprint density at radius 3 is 2.60 bits per heavy atom. The number of nitrogens with zero attached hydrogens (tertiary/aromatic N) is 2. The van der Waals surface area contributed by atoms with Gasteiger partial charge in [-0.15, -0.1) is 0 Å². The molecule has 0 saturated heterocycles. The van der Waals surface area contributed by atoms with E-state index in [0.29, 0.717) is 6.04 Å². The molecule has 1 aromatic rings. The van der Waals surface area contributed by atoms with Crippen LogP contribution >= 0.6 is 15.9 Å². The zero-order chi connectivity index (χ0) is 11.4. The van der Waals surface area contributed by atoms with E-state index < -0.39 is 0 Å². The first-order valence-corrected chi connectivity index (χ1v) is 6.23. The number of hydrogen-bond acceptors (Lipinski definition) is 2. The summed E-state index contributed by atoms with van der Waals surface area (Å²) in [6.07, 6.45) is 2.22. The molecule has 4 heteroatoms. The van der Waals surface area contributed by atoms with Crippen LogP contribution in [0.4, 0.5) is 0 Å². The SMILES string of the molecule is Cc1nn(C)c(CCCNC(C)C)c1Br. The van der Waals surface area contributed by atoms with Crippen LogP contribution in [-0.2, 0) is 13.5 Å². The van der Waals surface area contributed by atoms with E-state index in [2.05, 4.69) is 40.2 Å². The first-order chi connectivity index (χ1) is 7.02. The number of hydrogen-bond donors (Lipinski definition) is 1. The number of rotatable bonds is 5. The Morgan fingerprint density at radius 1 is 1.47 bits per heavy atom. The molecule has 0 bridgehead atoms. The molecule has 0 aliphatic carbocycles. The van der Waals surface area contributed by atoms with Gasteiger partial charge in [0.15, 0.2) is 0 Å². The van der Waals surface area contributed by atoms with Crippen molar-refractivity contribution in [2.75, 3.05) is 6.54 Å². The molecule has 1 rings (SSSR count). The largest absolute Gasteiger partial charge is 0.315 e. The molecule has 0 saturated carbocycles. The summed E-state index contributed by atoms with van der Waals surface area (Å²) in [5, 5.41) is 7.79. The topological polar surface area (TPSA) is 29.9 Å². The second kappa shape index (κ2) is 5.66. The van der Waals surface area contributed by atoms with Gasteiger partial charge in [0.1, 0.15) is 0 Å². The molecule has 0 atom stereocenters. The van der Waals surface area contributed by atoms with E-state index in [1.807, 2.05) is 18.7 Å². The van der Waals surface area contributed by atoms with E-state index >= 15 is 0 Å². The molecule has 1 heterocycles. The van der Waals surface area contributed by atoms with Crippen LogP contribution in [0, 0.1) is 6.92 Å². The number of aromatic nitrogens is 2. The second-order valence-corrected chi connectivity index (χ2v) is 4.98. The molecule has 1 aromatic heterocycles. The predicted molar refractivity (Wildman–Crippen MR) is 67.1 cm³/mol. The molecule has 3 nitrogen and oxygen atoms in total. The highest BCUT2D eigenvalue weighted by Crippen LogP contribution is 2.21. The lowest BCUT2D eigenvalue weighted by molar-refractivity contribution is 0.561. The molecule has 1 N–H and O–H groups in total. The first kappa shape index (κ1) is 12.7. The third kappa shape index (κ3) is 3.61. The van der Waals surface area contributed by atoms with E-state index in [-0.39, 0.29) is 0 Å². The summed E-state index contributed by atoms with van der Waals surface area (Å²) in [5.74, 6) is 0. The molecule has 0 aliphatic rings. The quantitative estimate of drug-likeness (QED) is 0.836. The van der Waals surface area contributed by atoms with Gasteiger partial charge in [-0.25, -0.2) is 0 Å². The molecular formula is C11H20BrN3. The summed E-state index contributed by atoms with van der Waals surface area (Å²) in [6, 6.07) is 0.571. The average molecular weight is 274 g/mol. The van der Waals surface area contributed by atoms with E-state index in [4.69, 9.17) is 0 Å². The van der Waals surface area contributed by atoms with Crippen molar-refractivity contribution in [1.82, 2.24) is 15.1 Å². The predicted octanol–water partition coefficient (Wildman–Crippen LogP) is 2.42. The van der Waals surface area contributed by atoms with Gasteiger partial charge in [0.05, 0.1) is 15.9 Å². The summed E-state index contributed by atoms with van der Waals surface area (Å²) < 4.78 is 3.13. The van der Waals surface area contributed by atoms with Gasteiger partial charge in [-0.2, -0.15) is 5.10 Å². The van der Waals surface area contributed by atoms with E-state index in [1.165, 1.54) is 5.69 Å². The third-order valence-electron chi connectivity index (χ3n) is 2.40. The third-order valence-corrected chi connectivity index (χ3v) is 3.44. The molecule has 0 fully saturated rings. The lowest BCUT2D eigenvalue weighted by Crippen LogP contribution is -2.24. The van der Waals surface area contributed by atoms with Gasteiger partial charge < -0.3 is 5.32 Å². The lowest BCUT2D eigenvalue weighted by atomic mass is 10.2. The highest BCUT2D eigenvalue weighted by molar-refractivity contribution is 9.10. The van der Waals surface area contributed by atoms with E-state index in [0.717, 1.165) is 29.6 Å². The fourth-order valence-corrected chi connectivity index (χ4v) is 2.13. The van der Waals surface area contributed by atoms with Crippen LogP contribution in [0.3, 0.4) is 0 Å². The van der Waals surface area contributed by atoms with Gasteiger partial charge in [-0.1, -0.05) is 13.8 Å². The highest BCUT2D eigenvalue weighted by atomic mass is 79.9. The Morgan fingerprint density at radius 2 is 2.13 bits per heavy atom. The lowest BCUT2D eigenvalue weighted by Gasteiger charge is -2.08. The molecule has 0 aliphatic heterocycles. The minimum Gasteiger partial charge on any atom is -0.315 e. The Kier molecular flexibility index (Phi) is 4.80. The van der Waals surface area contributed by atoms with Crippen molar-refractivity contribution in [3.63, 3.8) is 0 Å². The Bertz CT molecular complexity index is 318. The molecule has 0 radical (unpaired) electrons. The maximum Gasteiger partial charge on any atom is 0.0738 e. The van der Waals surface area contributed by atoms with Crippen molar-refractivity contribution < 1.29 is 0 Å². The molecular weight excluding hydrogens is 254 g/mol. The van der Waals surface area contributed by atoms with E-state index in [1.54, 1.807) is 0 Å². The van der Waals surface area contributed by atoms with Gasteiger partial charge in [0.2, 0.25) is 0 Å². The number of nitrogens with one attached hydrogen (secondary N) is 1. The average Bonchev–Trinajstić information content (AvgIpc) is 2.37. The van der Waals surface area contributed by atoms with Crippen molar-refractivity contribution in [2.24, 2.45) is 7.05 Å². The summed E-state index contributed by atoms with van der Waals surface area (Å²) >= 11 is 3.58. The number of halogens is 1. The van der Waals surface area contributed by atoms with Gasteiger partial charge >= 0.3 is 0 Å². The Labute approximate surface area is 100 Å². The Hall–Kier alpha value is -0.350. The summed E-state index contributed by atoms with van der Waals surface area (Å²) in [7, 11) is 2.00. The Balaban J connectivity index is 2.44. The van der Waals surface area contributed by atoms with Crippen LogP contribution in [0.5, 0.6) is 0 Å². The minimum absolute atomic E-state index is 0.571. The van der Waals surface area contributed by atoms with Crippen molar-refractivity contribution >= 4 is 15.9 Å².